The van der Waals surface area contributed by atoms with Gasteiger partial charge in [0.25, 0.3) is 5.91 Å². The monoisotopic (exact) mass is 318 g/mol. The number of carboxylic acid groups (broad SMARTS) is 1. The van der Waals surface area contributed by atoms with Crippen molar-refractivity contribution >= 4 is 11.9 Å². The van der Waals surface area contributed by atoms with Gasteiger partial charge >= 0.3 is 5.97 Å². The van der Waals surface area contributed by atoms with E-state index in [0.717, 1.165) is 25.2 Å². The predicted octanol–water partition coefficient (Wildman–Crippen LogP) is 2.51. The lowest BCUT2D eigenvalue weighted by molar-refractivity contribution is -0.140. The molecule has 2 N–H and O–H groups in total. The number of carbonyl (C=O) groups excluding carboxylic acids is 1. The number of likely N-dealkylation sites (tertiary alicyclic amines) is 1. The minimum Gasteiger partial charge on any atom is -0.480 e. The van der Waals surface area contributed by atoms with Gasteiger partial charge in [-0.2, -0.15) is 0 Å². The Morgan fingerprint density at radius 2 is 2.00 bits per heavy atom. The van der Waals surface area contributed by atoms with E-state index in [-0.39, 0.29) is 11.8 Å². The van der Waals surface area contributed by atoms with E-state index >= 15 is 0 Å². The van der Waals surface area contributed by atoms with Crippen LogP contribution in [-0.2, 0) is 11.3 Å². The molecule has 1 aliphatic rings. The molecule has 126 valence electrons. The Hall–Kier alpha value is -1.88. The highest BCUT2D eigenvalue weighted by Crippen LogP contribution is 2.15. The van der Waals surface area contributed by atoms with Crippen LogP contribution in [0.1, 0.15) is 49.0 Å². The number of hydrogen-bond donors (Lipinski definition) is 2. The molecule has 1 amide bonds. The third-order valence-electron chi connectivity index (χ3n) is 4.56. The number of benzene rings is 1. The zero-order chi connectivity index (χ0) is 16.8. The van der Waals surface area contributed by atoms with Crippen LogP contribution in [0.2, 0.25) is 0 Å². The highest BCUT2D eigenvalue weighted by atomic mass is 16.4. The van der Waals surface area contributed by atoms with Gasteiger partial charge in [0.05, 0.1) is 0 Å². The maximum atomic E-state index is 12.4. The van der Waals surface area contributed by atoms with Crippen LogP contribution in [0.5, 0.6) is 0 Å². The highest BCUT2D eigenvalue weighted by molar-refractivity contribution is 5.96. The first-order valence-electron chi connectivity index (χ1n) is 8.36. The van der Waals surface area contributed by atoms with E-state index in [1.165, 1.54) is 12.8 Å². The lowest BCUT2D eigenvalue weighted by atomic mass is 9.98. The average molecular weight is 318 g/mol. The second-order valence-electron chi connectivity index (χ2n) is 6.36. The number of nitrogens with one attached hydrogen (secondary N) is 1. The normalized spacial score (nSPS) is 17.7. The first-order valence-corrected chi connectivity index (χ1v) is 8.36. The van der Waals surface area contributed by atoms with E-state index in [1.807, 2.05) is 32.0 Å². The molecule has 2 rings (SSSR count). The predicted molar refractivity (Wildman–Crippen MR) is 89.3 cm³/mol. The van der Waals surface area contributed by atoms with E-state index in [4.69, 9.17) is 0 Å². The third-order valence-corrected chi connectivity index (χ3v) is 4.56. The fourth-order valence-electron chi connectivity index (χ4n) is 2.92. The van der Waals surface area contributed by atoms with Crippen molar-refractivity contribution in [2.45, 2.75) is 45.7 Å². The summed E-state index contributed by atoms with van der Waals surface area (Å²) >= 11 is 0. The second-order valence-corrected chi connectivity index (χ2v) is 6.36. The molecule has 2 atom stereocenters. The largest absolute Gasteiger partial charge is 0.480 e. The zero-order valence-electron chi connectivity index (χ0n) is 13.9. The van der Waals surface area contributed by atoms with Gasteiger partial charge in [-0.25, -0.2) is 4.79 Å². The van der Waals surface area contributed by atoms with E-state index in [2.05, 4.69) is 10.2 Å². The maximum absolute atomic E-state index is 12.4. The molecule has 1 aromatic carbocycles. The summed E-state index contributed by atoms with van der Waals surface area (Å²) in [6, 6.07) is 6.62. The zero-order valence-corrected chi connectivity index (χ0v) is 13.9. The lowest BCUT2D eigenvalue weighted by Gasteiger charge is -2.20. The molecule has 0 aliphatic carbocycles. The molecule has 2 unspecified atom stereocenters. The molecule has 0 bridgehead atoms. The fourth-order valence-corrected chi connectivity index (χ4v) is 2.92. The first-order chi connectivity index (χ1) is 11.0. The number of carboxylic acids is 1. The van der Waals surface area contributed by atoms with Crippen molar-refractivity contribution in [3.05, 3.63) is 35.4 Å². The number of amides is 1. The van der Waals surface area contributed by atoms with Crippen molar-refractivity contribution in [3.63, 3.8) is 0 Å². The lowest BCUT2D eigenvalue weighted by Crippen LogP contribution is -2.45. The van der Waals surface area contributed by atoms with Crippen LogP contribution in [0, 0.1) is 5.92 Å². The summed E-state index contributed by atoms with van der Waals surface area (Å²) in [6.45, 7) is 6.80. The Balaban J connectivity index is 2.04. The fraction of sp³-hybridized carbons (Fsp3) is 0.556. The molecule has 1 aliphatic heterocycles. The molecule has 23 heavy (non-hydrogen) atoms. The number of rotatable bonds is 7. The van der Waals surface area contributed by atoms with Crippen LogP contribution >= 0.6 is 0 Å². The first kappa shape index (κ1) is 17.5. The molecule has 1 aromatic rings. The molecule has 1 heterocycles. The minimum atomic E-state index is -0.985. The van der Waals surface area contributed by atoms with Crippen molar-refractivity contribution in [2.75, 3.05) is 13.1 Å². The molecule has 1 saturated heterocycles. The van der Waals surface area contributed by atoms with Crippen molar-refractivity contribution in [2.24, 2.45) is 5.92 Å². The van der Waals surface area contributed by atoms with E-state index in [0.29, 0.717) is 12.0 Å². The topological polar surface area (TPSA) is 69.6 Å². The van der Waals surface area contributed by atoms with Gasteiger partial charge in [-0.05, 0) is 49.5 Å². The molecular formula is C18H26N2O3. The van der Waals surface area contributed by atoms with Crippen molar-refractivity contribution in [1.82, 2.24) is 10.2 Å². The van der Waals surface area contributed by atoms with Crippen molar-refractivity contribution in [1.29, 1.82) is 0 Å². The number of hydrogen-bond acceptors (Lipinski definition) is 3. The molecule has 0 spiro atoms. The minimum absolute atomic E-state index is 0.107. The summed E-state index contributed by atoms with van der Waals surface area (Å²) in [5, 5.41) is 11.9. The smallest absolute Gasteiger partial charge is 0.326 e. The van der Waals surface area contributed by atoms with Gasteiger partial charge in [-0.3, -0.25) is 9.69 Å². The number of aliphatic carboxylic acids is 1. The van der Waals surface area contributed by atoms with Crippen LogP contribution < -0.4 is 5.32 Å². The molecule has 1 fully saturated rings. The SMILES string of the molecule is CCC(C)C(NC(=O)c1cccc(CN2CCCC2)c1)C(=O)O. The van der Waals surface area contributed by atoms with Crippen molar-refractivity contribution in [3.8, 4) is 0 Å². The quantitative estimate of drug-likeness (QED) is 0.810. The van der Waals surface area contributed by atoms with Gasteiger partial charge in [-0.15, -0.1) is 0 Å². The van der Waals surface area contributed by atoms with Gasteiger partial charge < -0.3 is 10.4 Å². The maximum Gasteiger partial charge on any atom is 0.326 e. The van der Waals surface area contributed by atoms with Crippen LogP contribution in [-0.4, -0.2) is 41.0 Å². The standard InChI is InChI=1S/C18H26N2O3/c1-3-13(2)16(18(22)23)19-17(21)15-8-6-7-14(11-15)12-20-9-4-5-10-20/h6-8,11,13,16H,3-5,9-10,12H2,1-2H3,(H,19,21)(H,22,23). The van der Waals surface area contributed by atoms with Gasteiger partial charge in [0.15, 0.2) is 0 Å². The Kier molecular flexibility index (Phi) is 6.16. The van der Waals surface area contributed by atoms with Gasteiger partial charge in [0, 0.05) is 12.1 Å². The Labute approximate surface area is 137 Å². The average Bonchev–Trinajstić information content (AvgIpc) is 3.04. The second kappa shape index (κ2) is 8.11. The summed E-state index contributed by atoms with van der Waals surface area (Å²) in [4.78, 5) is 26.1. The van der Waals surface area contributed by atoms with Gasteiger partial charge in [-0.1, -0.05) is 32.4 Å². The summed E-state index contributed by atoms with van der Waals surface area (Å²) < 4.78 is 0. The summed E-state index contributed by atoms with van der Waals surface area (Å²) in [7, 11) is 0. The summed E-state index contributed by atoms with van der Waals surface area (Å²) in [5.41, 5.74) is 1.62. The number of carbonyl (C=O) groups is 2. The third kappa shape index (κ3) is 4.79. The summed E-state index contributed by atoms with van der Waals surface area (Å²) in [5.74, 6) is -1.41. The Bertz CT molecular complexity index is 553. The highest BCUT2D eigenvalue weighted by Gasteiger charge is 2.25. The van der Waals surface area contributed by atoms with E-state index in [1.54, 1.807) is 6.07 Å². The van der Waals surface area contributed by atoms with Gasteiger partial charge in [0.1, 0.15) is 6.04 Å². The van der Waals surface area contributed by atoms with Gasteiger partial charge in [0.2, 0.25) is 0 Å². The van der Waals surface area contributed by atoms with E-state index in [9.17, 15) is 14.7 Å². The molecule has 0 saturated carbocycles. The van der Waals surface area contributed by atoms with Crippen LogP contribution in [0.3, 0.4) is 0 Å². The summed E-state index contributed by atoms with van der Waals surface area (Å²) in [6.07, 6.45) is 3.16. The van der Waals surface area contributed by atoms with Crippen LogP contribution in [0.4, 0.5) is 0 Å². The Morgan fingerprint density at radius 1 is 1.30 bits per heavy atom. The van der Waals surface area contributed by atoms with Crippen LogP contribution in [0.15, 0.2) is 24.3 Å². The Morgan fingerprint density at radius 3 is 2.61 bits per heavy atom. The van der Waals surface area contributed by atoms with Crippen LogP contribution in [0.25, 0.3) is 0 Å². The molecule has 5 nitrogen and oxygen atoms in total. The molecule has 0 radical (unpaired) electrons. The number of nitrogens with zero attached hydrogens (tertiary/aromatic N) is 1. The van der Waals surface area contributed by atoms with E-state index < -0.39 is 12.0 Å². The molecule has 0 aromatic heterocycles. The van der Waals surface area contributed by atoms with Crippen molar-refractivity contribution < 1.29 is 14.7 Å². The molecule has 5 heteroatoms. The molecular weight excluding hydrogens is 292 g/mol.